The molecule has 3 aromatic carbocycles. The number of amides is 1. The summed E-state index contributed by atoms with van der Waals surface area (Å²) in [7, 11) is 1.66. The van der Waals surface area contributed by atoms with Gasteiger partial charge in [0.05, 0.1) is 17.6 Å². The van der Waals surface area contributed by atoms with E-state index in [4.69, 9.17) is 0 Å². The molecule has 2 atom stereocenters. The zero-order valence-electron chi connectivity index (χ0n) is 21.5. The number of anilines is 1. The number of hydrogen-bond donors (Lipinski definition) is 2. The second kappa shape index (κ2) is 10.3. The van der Waals surface area contributed by atoms with Crippen molar-refractivity contribution in [3.8, 4) is 16.9 Å². The molecule has 2 aliphatic heterocycles. The summed E-state index contributed by atoms with van der Waals surface area (Å²) in [5, 5.41) is 13.3. The van der Waals surface area contributed by atoms with Crippen molar-refractivity contribution in [2.45, 2.75) is 38.0 Å². The Morgan fingerprint density at radius 3 is 2.64 bits per heavy atom. The molecule has 1 saturated heterocycles. The standard InChI is InChI=1S/C29H28F4N4O2/c1-17-9-19(30)12-21(10-17)37-16-35-26-14-25(29(31,32)33)23(18-5-3-7-22(38)11-18)13-24(26)27(37)28(39)36(2)15-20-6-4-8-34-20/h3,5,7,9-14,16,20,27,34,38H,4,6,8,15H2,1-2H3/t20-,27?/m0/s1. The van der Waals surface area contributed by atoms with E-state index in [9.17, 15) is 27.5 Å². The number of nitrogens with zero attached hydrogens (tertiary/aromatic N) is 3. The largest absolute Gasteiger partial charge is 0.508 e. The predicted molar refractivity (Wildman–Crippen MR) is 142 cm³/mol. The summed E-state index contributed by atoms with van der Waals surface area (Å²) in [6.45, 7) is 2.98. The van der Waals surface area contributed by atoms with E-state index < -0.39 is 23.6 Å². The number of rotatable bonds is 5. The van der Waals surface area contributed by atoms with Gasteiger partial charge in [-0.15, -0.1) is 0 Å². The summed E-state index contributed by atoms with van der Waals surface area (Å²) in [5.41, 5.74) is 0.236. The molecular weight excluding hydrogens is 512 g/mol. The lowest BCUT2D eigenvalue weighted by molar-refractivity contribution is -0.137. The number of nitrogens with one attached hydrogen (secondary N) is 1. The normalized spacial score (nSPS) is 18.8. The molecule has 1 amide bonds. The predicted octanol–water partition coefficient (Wildman–Crippen LogP) is 5.96. The number of aliphatic imine (C=N–C) groups is 1. The fraction of sp³-hybridized carbons (Fsp3) is 0.310. The van der Waals surface area contributed by atoms with Gasteiger partial charge in [0.2, 0.25) is 5.91 Å². The maximum absolute atomic E-state index is 14.4. The fourth-order valence-corrected chi connectivity index (χ4v) is 5.30. The Hall–Kier alpha value is -3.92. The van der Waals surface area contributed by atoms with Crippen molar-refractivity contribution in [3.63, 3.8) is 0 Å². The second-order valence-electron chi connectivity index (χ2n) is 10.1. The highest BCUT2D eigenvalue weighted by Crippen LogP contribution is 2.46. The van der Waals surface area contributed by atoms with Crippen LogP contribution in [-0.2, 0) is 11.0 Å². The van der Waals surface area contributed by atoms with E-state index in [1.165, 1.54) is 53.7 Å². The lowest BCUT2D eigenvalue weighted by atomic mass is 9.90. The number of phenols is 1. The van der Waals surface area contributed by atoms with Crippen molar-refractivity contribution in [1.29, 1.82) is 0 Å². The molecule has 0 aromatic heterocycles. The van der Waals surface area contributed by atoms with E-state index in [0.29, 0.717) is 17.8 Å². The van der Waals surface area contributed by atoms with Crippen LogP contribution in [0.3, 0.4) is 0 Å². The lowest BCUT2D eigenvalue weighted by Crippen LogP contribution is -2.46. The van der Waals surface area contributed by atoms with E-state index in [2.05, 4.69) is 10.3 Å². The smallest absolute Gasteiger partial charge is 0.417 e. The summed E-state index contributed by atoms with van der Waals surface area (Å²) in [6.07, 6.45) is -1.53. The SMILES string of the molecule is Cc1cc(F)cc(N2C=Nc3cc(C(F)(F)F)c(-c4cccc(O)c4)cc3C2C(=O)N(C)C[C@@H]2CCCN2)c1. The van der Waals surface area contributed by atoms with Crippen LogP contribution < -0.4 is 10.2 Å². The lowest BCUT2D eigenvalue weighted by Gasteiger charge is -2.36. The van der Waals surface area contributed by atoms with Gasteiger partial charge in [0.1, 0.15) is 17.6 Å². The van der Waals surface area contributed by atoms with Crippen LogP contribution in [0.4, 0.5) is 28.9 Å². The number of aromatic hydroxyl groups is 1. The van der Waals surface area contributed by atoms with Crippen molar-refractivity contribution >= 4 is 23.6 Å². The van der Waals surface area contributed by atoms with Crippen LogP contribution in [0.5, 0.6) is 5.75 Å². The third-order valence-electron chi connectivity index (χ3n) is 7.12. The number of aryl methyl sites for hydroxylation is 1. The first-order valence-corrected chi connectivity index (χ1v) is 12.6. The van der Waals surface area contributed by atoms with Crippen molar-refractivity contribution in [3.05, 3.63) is 77.1 Å². The quantitative estimate of drug-likeness (QED) is 0.392. The van der Waals surface area contributed by atoms with Crippen LogP contribution in [-0.4, -0.2) is 48.4 Å². The van der Waals surface area contributed by atoms with Gasteiger partial charge in [-0.2, -0.15) is 13.2 Å². The van der Waals surface area contributed by atoms with Gasteiger partial charge < -0.3 is 20.2 Å². The number of likely N-dealkylation sites (N-methyl/N-ethyl adjacent to an activating group) is 1. The van der Waals surface area contributed by atoms with Gasteiger partial charge in [-0.1, -0.05) is 12.1 Å². The molecule has 1 unspecified atom stereocenters. The van der Waals surface area contributed by atoms with Crippen LogP contribution >= 0.6 is 0 Å². The molecule has 2 aliphatic rings. The Morgan fingerprint density at radius 2 is 1.97 bits per heavy atom. The van der Waals surface area contributed by atoms with Crippen molar-refractivity contribution in [2.75, 3.05) is 25.0 Å². The molecule has 0 saturated carbocycles. The molecule has 0 aliphatic carbocycles. The Kier molecular flexibility index (Phi) is 7.07. The minimum Gasteiger partial charge on any atom is -0.508 e. The van der Waals surface area contributed by atoms with Gasteiger partial charge in [-0.25, -0.2) is 9.38 Å². The zero-order chi connectivity index (χ0) is 27.9. The summed E-state index contributed by atoms with van der Waals surface area (Å²) < 4.78 is 57.0. The summed E-state index contributed by atoms with van der Waals surface area (Å²) in [5.74, 6) is -1.06. The molecule has 3 aromatic rings. The first kappa shape index (κ1) is 26.7. The molecule has 0 spiro atoms. The number of benzene rings is 3. The average molecular weight is 541 g/mol. The highest BCUT2D eigenvalue weighted by molar-refractivity contribution is 5.99. The second-order valence-corrected chi connectivity index (χ2v) is 10.1. The number of fused-ring (bicyclic) bond motifs is 1. The Balaban J connectivity index is 1.67. The van der Waals surface area contributed by atoms with Gasteiger partial charge >= 0.3 is 6.18 Å². The number of phenolic OH excluding ortho intramolecular Hbond substituents is 1. The van der Waals surface area contributed by atoms with E-state index in [1.807, 2.05) is 0 Å². The Bertz CT molecular complexity index is 1410. The van der Waals surface area contributed by atoms with Gasteiger partial charge in [-0.3, -0.25) is 4.79 Å². The average Bonchev–Trinajstić information content (AvgIpc) is 3.38. The highest BCUT2D eigenvalue weighted by Gasteiger charge is 2.40. The van der Waals surface area contributed by atoms with Crippen molar-refractivity contribution < 1.29 is 27.5 Å². The third kappa shape index (κ3) is 5.47. The van der Waals surface area contributed by atoms with Crippen molar-refractivity contribution in [2.24, 2.45) is 4.99 Å². The molecule has 2 heterocycles. The van der Waals surface area contributed by atoms with Crippen LogP contribution in [0, 0.1) is 12.7 Å². The summed E-state index contributed by atoms with van der Waals surface area (Å²) in [4.78, 5) is 21.4. The fourth-order valence-electron chi connectivity index (χ4n) is 5.30. The maximum atomic E-state index is 14.4. The molecule has 1 fully saturated rings. The molecule has 2 N–H and O–H groups in total. The van der Waals surface area contributed by atoms with E-state index in [1.54, 1.807) is 24.9 Å². The molecule has 39 heavy (non-hydrogen) atoms. The monoisotopic (exact) mass is 540 g/mol. The molecule has 5 rings (SSSR count). The number of carbonyl (C=O) groups excluding carboxylic acids is 1. The highest BCUT2D eigenvalue weighted by atomic mass is 19.4. The minimum atomic E-state index is -4.72. The number of carbonyl (C=O) groups is 1. The molecule has 0 bridgehead atoms. The summed E-state index contributed by atoms with van der Waals surface area (Å²) in [6, 6.07) is 11.1. The minimum absolute atomic E-state index is 0.00124. The molecule has 204 valence electrons. The number of hydrogen-bond acceptors (Lipinski definition) is 5. The topological polar surface area (TPSA) is 68.2 Å². The molecule has 0 radical (unpaired) electrons. The molecule has 10 heteroatoms. The number of halogens is 4. The van der Waals surface area contributed by atoms with Crippen LogP contribution in [0.2, 0.25) is 0 Å². The first-order valence-electron chi connectivity index (χ1n) is 12.6. The van der Waals surface area contributed by atoms with Gasteiger partial charge in [0.25, 0.3) is 0 Å². The number of alkyl halides is 3. The van der Waals surface area contributed by atoms with Gasteiger partial charge in [-0.05, 0) is 85.5 Å². The molecule has 6 nitrogen and oxygen atoms in total. The maximum Gasteiger partial charge on any atom is 0.417 e. The van der Waals surface area contributed by atoms with E-state index >= 15 is 0 Å². The van der Waals surface area contributed by atoms with Crippen molar-refractivity contribution in [1.82, 2.24) is 10.2 Å². The summed E-state index contributed by atoms with van der Waals surface area (Å²) >= 11 is 0. The van der Waals surface area contributed by atoms with E-state index in [-0.39, 0.29) is 40.1 Å². The van der Waals surface area contributed by atoms with Gasteiger partial charge in [0, 0.05) is 30.9 Å². The van der Waals surface area contributed by atoms with E-state index in [0.717, 1.165) is 25.5 Å². The molecular formula is C29H28F4N4O2. The van der Waals surface area contributed by atoms with Crippen LogP contribution in [0.1, 0.15) is 35.6 Å². The van der Waals surface area contributed by atoms with Gasteiger partial charge in [0.15, 0.2) is 0 Å². The van der Waals surface area contributed by atoms with Crippen LogP contribution in [0.15, 0.2) is 59.6 Å². The third-order valence-corrected chi connectivity index (χ3v) is 7.12. The Labute approximate surface area is 223 Å². The first-order chi connectivity index (χ1) is 18.5. The Morgan fingerprint density at radius 1 is 1.18 bits per heavy atom. The van der Waals surface area contributed by atoms with Crippen LogP contribution in [0.25, 0.3) is 11.1 Å². The zero-order valence-corrected chi connectivity index (χ0v) is 21.5.